The van der Waals surface area contributed by atoms with E-state index in [1.807, 2.05) is 12.1 Å². The van der Waals surface area contributed by atoms with Gasteiger partial charge in [-0.3, -0.25) is 0 Å². The van der Waals surface area contributed by atoms with Crippen LogP contribution in [0.1, 0.15) is 0 Å². The lowest BCUT2D eigenvalue weighted by Crippen LogP contribution is -1.94. The number of aromatic nitrogens is 6. The van der Waals surface area contributed by atoms with Crippen LogP contribution in [0, 0.1) is 5.82 Å². The van der Waals surface area contributed by atoms with Crippen molar-refractivity contribution in [2.45, 2.75) is 0 Å². The van der Waals surface area contributed by atoms with Crippen molar-refractivity contribution in [3.05, 3.63) is 54.6 Å². The van der Waals surface area contributed by atoms with E-state index in [0.29, 0.717) is 23.1 Å². The number of benzene rings is 1. The Kier molecular flexibility index (Phi) is 2.78. The largest absolute Gasteiger partial charge is 0.357 e. The molecule has 3 heterocycles. The maximum absolute atomic E-state index is 13.2. The van der Waals surface area contributed by atoms with Crippen molar-refractivity contribution in [3.63, 3.8) is 0 Å². The third-order valence-electron chi connectivity index (χ3n) is 3.05. The highest BCUT2D eigenvalue weighted by atomic mass is 19.1. The summed E-state index contributed by atoms with van der Waals surface area (Å²) in [6.45, 7) is 0. The van der Waals surface area contributed by atoms with Gasteiger partial charge < -0.3 is 9.51 Å². The molecule has 0 bridgehead atoms. The highest BCUT2D eigenvalue weighted by Crippen LogP contribution is 2.20. The number of nitrogens with zero attached hydrogens (tertiary/aromatic N) is 5. The van der Waals surface area contributed by atoms with Gasteiger partial charge in [0.05, 0.1) is 11.9 Å². The summed E-state index contributed by atoms with van der Waals surface area (Å²) in [6, 6.07) is 9.70. The fourth-order valence-electron chi connectivity index (χ4n) is 2.01. The predicted molar refractivity (Wildman–Crippen MR) is 74.4 cm³/mol. The highest BCUT2D eigenvalue weighted by Gasteiger charge is 2.14. The molecule has 0 aliphatic carbocycles. The van der Waals surface area contributed by atoms with Crippen molar-refractivity contribution in [2.75, 3.05) is 0 Å². The van der Waals surface area contributed by atoms with Gasteiger partial charge >= 0.3 is 0 Å². The molecule has 8 heteroatoms. The predicted octanol–water partition coefficient (Wildman–Crippen LogP) is 2.45. The molecule has 0 saturated carbocycles. The molecule has 1 aromatic carbocycles. The average molecular weight is 296 g/mol. The molecule has 0 aliphatic rings. The van der Waals surface area contributed by atoms with Crippen molar-refractivity contribution in [3.8, 4) is 28.8 Å². The van der Waals surface area contributed by atoms with Gasteiger partial charge in [0.2, 0.25) is 5.82 Å². The van der Waals surface area contributed by atoms with Gasteiger partial charge in [0.1, 0.15) is 11.5 Å². The second kappa shape index (κ2) is 4.92. The molecule has 0 spiro atoms. The van der Waals surface area contributed by atoms with E-state index in [1.54, 1.807) is 24.5 Å². The van der Waals surface area contributed by atoms with Crippen LogP contribution in [0.5, 0.6) is 0 Å². The van der Waals surface area contributed by atoms with Gasteiger partial charge in [0.15, 0.2) is 5.69 Å². The molecule has 0 aliphatic heterocycles. The Hall–Kier alpha value is -3.29. The maximum Gasteiger partial charge on any atom is 0.274 e. The lowest BCUT2D eigenvalue weighted by atomic mass is 10.3. The van der Waals surface area contributed by atoms with Crippen molar-refractivity contribution in [1.29, 1.82) is 0 Å². The quantitative estimate of drug-likeness (QED) is 0.627. The van der Waals surface area contributed by atoms with E-state index < -0.39 is 0 Å². The van der Waals surface area contributed by atoms with Crippen LogP contribution in [0.25, 0.3) is 28.8 Å². The summed E-state index contributed by atoms with van der Waals surface area (Å²) >= 11 is 0. The molecule has 7 nitrogen and oxygen atoms in total. The summed E-state index contributed by atoms with van der Waals surface area (Å²) in [5.74, 6) is 0.329. The first kappa shape index (κ1) is 12.5. The number of aromatic amines is 1. The molecular formula is C14H9FN6O. The number of hydrogen-bond acceptors (Lipinski definition) is 5. The maximum atomic E-state index is 13.2. The molecule has 0 fully saturated rings. The molecule has 0 atom stereocenters. The summed E-state index contributed by atoms with van der Waals surface area (Å²) < 4.78 is 19.9. The van der Waals surface area contributed by atoms with Gasteiger partial charge in [-0.2, -0.15) is 4.98 Å². The third-order valence-corrected chi connectivity index (χ3v) is 3.05. The van der Waals surface area contributed by atoms with Crippen LogP contribution in [0.3, 0.4) is 0 Å². The van der Waals surface area contributed by atoms with Crippen LogP contribution in [0.4, 0.5) is 4.39 Å². The number of halogens is 1. The van der Waals surface area contributed by atoms with E-state index in [1.165, 1.54) is 16.8 Å². The van der Waals surface area contributed by atoms with Crippen molar-refractivity contribution in [2.24, 2.45) is 0 Å². The van der Waals surface area contributed by atoms with Crippen molar-refractivity contribution >= 4 is 0 Å². The number of nitrogens with one attached hydrogen (secondary N) is 1. The van der Waals surface area contributed by atoms with Crippen LogP contribution in [0.15, 0.2) is 53.3 Å². The normalized spacial score (nSPS) is 11.0. The first-order valence-corrected chi connectivity index (χ1v) is 6.46. The van der Waals surface area contributed by atoms with Crippen LogP contribution < -0.4 is 0 Å². The van der Waals surface area contributed by atoms with Crippen LogP contribution in [0.2, 0.25) is 0 Å². The fraction of sp³-hybridized carbons (Fsp3) is 0. The van der Waals surface area contributed by atoms with E-state index >= 15 is 0 Å². The van der Waals surface area contributed by atoms with Gasteiger partial charge in [-0.1, -0.05) is 16.4 Å². The second-order valence-corrected chi connectivity index (χ2v) is 4.54. The second-order valence-electron chi connectivity index (χ2n) is 4.54. The topological polar surface area (TPSA) is 85.4 Å². The van der Waals surface area contributed by atoms with E-state index in [4.69, 9.17) is 4.52 Å². The van der Waals surface area contributed by atoms with Crippen molar-refractivity contribution in [1.82, 2.24) is 30.1 Å². The molecule has 0 amide bonds. The smallest absolute Gasteiger partial charge is 0.274 e. The van der Waals surface area contributed by atoms with Crippen LogP contribution in [-0.4, -0.2) is 30.1 Å². The van der Waals surface area contributed by atoms with Crippen LogP contribution in [-0.2, 0) is 0 Å². The molecule has 108 valence electrons. The van der Waals surface area contributed by atoms with Gasteiger partial charge in [-0.15, -0.1) is 5.10 Å². The van der Waals surface area contributed by atoms with E-state index in [0.717, 1.165) is 5.69 Å². The first-order valence-electron chi connectivity index (χ1n) is 6.46. The summed E-state index contributed by atoms with van der Waals surface area (Å²) in [4.78, 5) is 7.22. The zero-order valence-electron chi connectivity index (χ0n) is 11.1. The number of hydrogen-bond donors (Lipinski definition) is 1. The molecular weight excluding hydrogens is 287 g/mol. The standard InChI is InChI=1S/C14H9FN6O/c15-9-3-1-4-10(7-9)21-8-12(18-20-21)13-17-14(22-19-13)11-5-2-6-16-11/h1-8,16H. The Balaban J connectivity index is 1.67. The lowest BCUT2D eigenvalue weighted by molar-refractivity contribution is 0.431. The minimum Gasteiger partial charge on any atom is -0.357 e. The highest BCUT2D eigenvalue weighted by molar-refractivity contribution is 5.53. The van der Waals surface area contributed by atoms with E-state index in [2.05, 4.69) is 25.4 Å². The minimum absolute atomic E-state index is 0.312. The van der Waals surface area contributed by atoms with Crippen LogP contribution >= 0.6 is 0 Å². The Morgan fingerprint density at radius 3 is 2.95 bits per heavy atom. The summed E-state index contributed by atoms with van der Waals surface area (Å²) in [5, 5.41) is 11.8. The number of rotatable bonds is 3. The number of H-pyrrole nitrogens is 1. The Bertz CT molecular complexity index is 911. The fourth-order valence-corrected chi connectivity index (χ4v) is 2.01. The third kappa shape index (κ3) is 2.16. The van der Waals surface area contributed by atoms with Gasteiger partial charge in [0, 0.05) is 6.20 Å². The zero-order chi connectivity index (χ0) is 14.9. The zero-order valence-corrected chi connectivity index (χ0v) is 11.1. The summed E-state index contributed by atoms with van der Waals surface area (Å²) in [6.07, 6.45) is 3.37. The van der Waals surface area contributed by atoms with E-state index in [-0.39, 0.29) is 5.82 Å². The first-order chi connectivity index (χ1) is 10.8. The molecule has 22 heavy (non-hydrogen) atoms. The molecule has 0 unspecified atom stereocenters. The van der Waals surface area contributed by atoms with Crippen molar-refractivity contribution < 1.29 is 8.91 Å². The summed E-state index contributed by atoms with van der Waals surface area (Å²) in [5.41, 5.74) is 1.72. The van der Waals surface area contributed by atoms with Gasteiger partial charge in [-0.05, 0) is 30.3 Å². The SMILES string of the molecule is Fc1cccc(-n2cc(-c3noc(-c4ccc[nH]4)n3)nn2)c1. The monoisotopic (exact) mass is 296 g/mol. The lowest BCUT2D eigenvalue weighted by Gasteiger charge is -1.98. The Labute approximate surface area is 123 Å². The molecule has 0 radical (unpaired) electrons. The van der Waals surface area contributed by atoms with Gasteiger partial charge in [-0.25, -0.2) is 9.07 Å². The molecule has 0 saturated heterocycles. The Morgan fingerprint density at radius 2 is 2.14 bits per heavy atom. The average Bonchev–Trinajstić information content (AvgIpc) is 3.27. The molecule has 4 aromatic rings. The Morgan fingerprint density at radius 1 is 1.18 bits per heavy atom. The van der Waals surface area contributed by atoms with E-state index in [9.17, 15) is 4.39 Å². The molecule has 4 rings (SSSR count). The molecule has 1 N–H and O–H groups in total. The molecule has 3 aromatic heterocycles. The van der Waals surface area contributed by atoms with Gasteiger partial charge in [0.25, 0.3) is 5.89 Å². The summed E-state index contributed by atoms with van der Waals surface area (Å²) in [7, 11) is 0. The minimum atomic E-state index is -0.344.